The van der Waals surface area contributed by atoms with Crippen molar-refractivity contribution in [2.45, 2.75) is 6.92 Å². The van der Waals surface area contributed by atoms with E-state index in [2.05, 4.69) is 30.5 Å². The zero-order valence-corrected chi connectivity index (χ0v) is 6.50. The first-order valence-electron chi connectivity index (χ1n) is 3.83. The number of ether oxygens (including phenoxy) is 1. The monoisotopic (exact) mass is 149 g/mol. The fourth-order valence-electron chi connectivity index (χ4n) is 1.19. The smallest absolute Gasteiger partial charge is 0.159 e. The molecule has 1 heterocycles. The molecule has 2 nitrogen and oxygen atoms in total. The molecule has 2 rings (SSSR count). The third kappa shape index (κ3) is 1.16. The Labute approximate surface area is 66.2 Å². The van der Waals surface area contributed by atoms with Crippen LogP contribution in [0.2, 0.25) is 0 Å². The van der Waals surface area contributed by atoms with E-state index in [1.807, 2.05) is 6.08 Å². The van der Waals surface area contributed by atoms with Crippen LogP contribution in [0, 0.1) is 5.92 Å². The highest BCUT2D eigenvalue weighted by atomic mass is 16.5. The Bertz CT molecular complexity index is 226. The molecule has 0 aromatic carbocycles. The summed E-state index contributed by atoms with van der Waals surface area (Å²) in [5, 5.41) is 3.14. The minimum absolute atomic E-state index is 0.506. The minimum Gasteiger partial charge on any atom is -0.471 e. The highest BCUT2D eigenvalue weighted by molar-refractivity contribution is 5.33. The second-order valence-electron chi connectivity index (χ2n) is 2.82. The van der Waals surface area contributed by atoms with Crippen LogP contribution in [0.3, 0.4) is 0 Å². The summed E-state index contributed by atoms with van der Waals surface area (Å²) in [6.45, 7) is 2.75. The Morgan fingerprint density at radius 3 is 3.18 bits per heavy atom. The fourth-order valence-corrected chi connectivity index (χ4v) is 1.19. The van der Waals surface area contributed by atoms with Crippen molar-refractivity contribution in [2.75, 3.05) is 6.73 Å². The van der Waals surface area contributed by atoms with Crippen molar-refractivity contribution < 1.29 is 4.74 Å². The van der Waals surface area contributed by atoms with Crippen LogP contribution >= 0.6 is 0 Å². The molecule has 0 aromatic rings. The average molecular weight is 149 g/mol. The normalized spacial score (nSPS) is 27.5. The first-order valence-corrected chi connectivity index (χ1v) is 3.83. The Balaban J connectivity index is 2.30. The van der Waals surface area contributed by atoms with E-state index >= 15 is 0 Å². The summed E-state index contributed by atoms with van der Waals surface area (Å²) in [7, 11) is 0. The van der Waals surface area contributed by atoms with E-state index in [0.717, 1.165) is 11.5 Å². The quantitative estimate of drug-likeness (QED) is 0.564. The van der Waals surface area contributed by atoms with E-state index in [-0.39, 0.29) is 0 Å². The van der Waals surface area contributed by atoms with Gasteiger partial charge in [0.15, 0.2) is 6.73 Å². The molecule has 0 spiro atoms. The Morgan fingerprint density at radius 1 is 1.45 bits per heavy atom. The molecule has 58 valence electrons. The second-order valence-corrected chi connectivity index (χ2v) is 2.82. The summed E-state index contributed by atoms with van der Waals surface area (Å²) >= 11 is 0. The molecular formula is C9H11NO. The first kappa shape index (κ1) is 6.53. The van der Waals surface area contributed by atoms with Crippen molar-refractivity contribution in [1.29, 1.82) is 0 Å². The molecule has 11 heavy (non-hydrogen) atoms. The lowest BCUT2D eigenvalue weighted by atomic mass is 10.2. The van der Waals surface area contributed by atoms with Crippen molar-refractivity contribution in [3.8, 4) is 0 Å². The van der Waals surface area contributed by atoms with Gasteiger partial charge < -0.3 is 10.1 Å². The van der Waals surface area contributed by atoms with Gasteiger partial charge in [-0.15, -0.1) is 0 Å². The van der Waals surface area contributed by atoms with Crippen LogP contribution in [0.15, 0.2) is 35.8 Å². The van der Waals surface area contributed by atoms with Gasteiger partial charge in [0.25, 0.3) is 0 Å². The topological polar surface area (TPSA) is 21.3 Å². The molecule has 0 amide bonds. The summed E-state index contributed by atoms with van der Waals surface area (Å²) in [4.78, 5) is 0. The van der Waals surface area contributed by atoms with Gasteiger partial charge in [-0.3, -0.25) is 0 Å². The van der Waals surface area contributed by atoms with Gasteiger partial charge in [0.05, 0.1) is 5.70 Å². The number of hydrogen-bond acceptors (Lipinski definition) is 2. The molecule has 1 N–H and O–H groups in total. The molecule has 0 saturated carbocycles. The van der Waals surface area contributed by atoms with Crippen LogP contribution in [0.4, 0.5) is 0 Å². The zero-order valence-electron chi connectivity index (χ0n) is 6.50. The zero-order chi connectivity index (χ0) is 7.68. The van der Waals surface area contributed by atoms with Crippen molar-refractivity contribution in [2.24, 2.45) is 5.92 Å². The molecule has 0 saturated heterocycles. The third-order valence-electron chi connectivity index (χ3n) is 1.87. The maximum Gasteiger partial charge on any atom is 0.159 e. The molecule has 2 heteroatoms. The van der Waals surface area contributed by atoms with E-state index < -0.39 is 0 Å². The van der Waals surface area contributed by atoms with Crippen LogP contribution in [0.5, 0.6) is 0 Å². The molecular weight excluding hydrogens is 138 g/mol. The first-order chi connectivity index (χ1) is 5.36. The number of nitrogens with one attached hydrogen (secondary N) is 1. The van der Waals surface area contributed by atoms with Crippen LogP contribution in [-0.4, -0.2) is 6.73 Å². The maximum atomic E-state index is 5.32. The predicted octanol–water partition coefficient (Wildman–Crippen LogP) is 1.54. The van der Waals surface area contributed by atoms with Gasteiger partial charge in [-0.25, -0.2) is 0 Å². The molecule has 0 radical (unpaired) electrons. The molecule has 1 unspecified atom stereocenters. The number of hydrogen-bond donors (Lipinski definition) is 1. The molecule has 0 aromatic heterocycles. The summed E-state index contributed by atoms with van der Waals surface area (Å²) in [5.74, 6) is 1.47. The van der Waals surface area contributed by atoms with Gasteiger partial charge in [-0.1, -0.05) is 19.1 Å². The van der Waals surface area contributed by atoms with E-state index in [0.29, 0.717) is 12.6 Å². The minimum atomic E-state index is 0.506. The fraction of sp³-hybridized carbons (Fsp3) is 0.333. The highest BCUT2D eigenvalue weighted by Crippen LogP contribution is 2.18. The maximum absolute atomic E-state index is 5.32. The average Bonchev–Trinajstić information content (AvgIpc) is 2.38. The molecule has 0 bridgehead atoms. The van der Waals surface area contributed by atoms with Crippen molar-refractivity contribution in [3.05, 3.63) is 35.8 Å². The van der Waals surface area contributed by atoms with Crippen molar-refractivity contribution in [1.82, 2.24) is 5.32 Å². The SMILES string of the molecule is CC1C=CC2=C(C=C1)OCN2. The van der Waals surface area contributed by atoms with Gasteiger partial charge in [-0.05, 0) is 18.1 Å². The third-order valence-corrected chi connectivity index (χ3v) is 1.87. The largest absolute Gasteiger partial charge is 0.471 e. The lowest BCUT2D eigenvalue weighted by Crippen LogP contribution is -2.05. The van der Waals surface area contributed by atoms with Crippen LogP contribution in [-0.2, 0) is 4.74 Å². The molecule has 1 aliphatic heterocycles. The number of allylic oxidation sites excluding steroid dienone is 4. The summed E-state index contributed by atoms with van der Waals surface area (Å²) in [6.07, 6.45) is 8.39. The molecule has 1 atom stereocenters. The number of rotatable bonds is 0. The highest BCUT2D eigenvalue weighted by Gasteiger charge is 2.11. The van der Waals surface area contributed by atoms with Gasteiger partial charge in [0.1, 0.15) is 5.76 Å². The predicted molar refractivity (Wildman–Crippen MR) is 43.6 cm³/mol. The second kappa shape index (κ2) is 2.46. The van der Waals surface area contributed by atoms with Crippen LogP contribution in [0.25, 0.3) is 0 Å². The van der Waals surface area contributed by atoms with E-state index in [1.165, 1.54) is 0 Å². The van der Waals surface area contributed by atoms with Crippen LogP contribution in [0.1, 0.15) is 6.92 Å². The van der Waals surface area contributed by atoms with Crippen LogP contribution < -0.4 is 5.32 Å². The van der Waals surface area contributed by atoms with Crippen molar-refractivity contribution >= 4 is 0 Å². The lowest BCUT2D eigenvalue weighted by molar-refractivity contribution is 0.244. The van der Waals surface area contributed by atoms with Gasteiger partial charge >= 0.3 is 0 Å². The standard InChI is InChI=1S/C9H11NO/c1-7-2-4-8-9(5-3-7)11-6-10-8/h2-5,7,10H,6H2,1H3. The van der Waals surface area contributed by atoms with Gasteiger partial charge in [-0.2, -0.15) is 0 Å². The molecule has 0 fully saturated rings. The van der Waals surface area contributed by atoms with E-state index in [1.54, 1.807) is 0 Å². The Hall–Kier alpha value is -1.18. The summed E-state index contributed by atoms with van der Waals surface area (Å²) < 4.78 is 5.32. The van der Waals surface area contributed by atoms with E-state index in [9.17, 15) is 0 Å². The lowest BCUT2D eigenvalue weighted by Gasteiger charge is -1.96. The molecule has 1 aliphatic carbocycles. The van der Waals surface area contributed by atoms with Crippen molar-refractivity contribution in [3.63, 3.8) is 0 Å². The Morgan fingerprint density at radius 2 is 2.27 bits per heavy atom. The summed E-state index contributed by atoms with van der Waals surface area (Å²) in [5.41, 5.74) is 1.10. The Kier molecular flexibility index (Phi) is 1.46. The molecule has 2 aliphatic rings. The van der Waals surface area contributed by atoms with Gasteiger partial charge in [0, 0.05) is 0 Å². The summed E-state index contributed by atoms with van der Waals surface area (Å²) in [6, 6.07) is 0. The van der Waals surface area contributed by atoms with Gasteiger partial charge in [0.2, 0.25) is 0 Å². The van der Waals surface area contributed by atoms with E-state index in [4.69, 9.17) is 4.74 Å².